The molecule has 0 radical (unpaired) electrons. The van der Waals surface area contributed by atoms with Crippen molar-refractivity contribution in [2.24, 2.45) is 0 Å². The maximum absolute atomic E-state index is 12.7. The highest BCUT2D eigenvalue weighted by Gasteiger charge is 2.25. The number of anilines is 3. The van der Waals surface area contributed by atoms with Gasteiger partial charge in [-0.1, -0.05) is 24.6 Å². The van der Waals surface area contributed by atoms with Crippen molar-refractivity contribution in [1.82, 2.24) is 19.6 Å². The van der Waals surface area contributed by atoms with E-state index < -0.39 is 10.0 Å². The molecule has 2 N–H and O–H groups in total. The number of likely N-dealkylation sites (N-methyl/N-ethyl adjacent to an activating group) is 1. The van der Waals surface area contributed by atoms with Gasteiger partial charge in [0, 0.05) is 43.1 Å². The summed E-state index contributed by atoms with van der Waals surface area (Å²) in [6.45, 7) is 3.18. The molecule has 3 heterocycles. The van der Waals surface area contributed by atoms with Crippen LogP contribution >= 0.6 is 0 Å². The minimum atomic E-state index is -3.58. The number of para-hydroxylation sites is 1. The van der Waals surface area contributed by atoms with E-state index in [1.807, 2.05) is 24.3 Å². The summed E-state index contributed by atoms with van der Waals surface area (Å²) in [6.07, 6.45) is 5.50. The molecule has 0 saturated carbocycles. The molecule has 1 fully saturated rings. The highest BCUT2D eigenvalue weighted by molar-refractivity contribution is 7.89. The van der Waals surface area contributed by atoms with Gasteiger partial charge in [-0.2, -0.15) is 0 Å². The smallest absolute Gasteiger partial charge is 0.240 e. The van der Waals surface area contributed by atoms with E-state index in [0.717, 1.165) is 36.4 Å². The second-order valence-electron chi connectivity index (χ2n) is 9.16. The molecule has 0 atom stereocenters. The molecule has 10 heteroatoms. The van der Waals surface area contributed by atoms with Gasteiger partial charge >= 0.3 is 0 Å². The summed E-state index contributed by atoms with van der Waals surface area (Å²) >= 11 is 0. The second kappa shape index (κ2) is 10.3. The van der Waals surface area contributed by atoms with Crippen LogP contribution in [0.15, 0.2) is 59.6 Å². The van der Waals surface area contributed by atoms with Crippen LogP contribution in [0.4, 0.5) is 17.3 Å². The maximum Gasteiger partial charge on any atom is 0.240 e. The van der Waals surface area contributed by atoms with Crippen molar-refractivity contribution in [2.45, 2.75) is 30.6 Å². The number of sulfonamides is 1. The third-order valence-corrected chi connectivity index (χ3v) is 8.17. The van der Waals surface area contributed by atoms with Crippen LogP contribution in [0.1, 0.15) is 24.8 Å². The zero-order valence-electron chi connectivity index (χ0n) is 20.3. The maximum atomic E-state index is 12.7. The summed E-state index contributed by atoms with van der Waals surface area (Å²) in [5, 5.41) is 3.15. The molecule has 2 aliphatic heterocycles. The average molecular weight is 507 g/mol. The van der Waals surface area contributed by atoms with Crippen molar-refractivity contribution in [3.63, 3.8) is 0 Å². The minimum Gasteiger partial charge on any atom is -0.324 e. The molecular formula is C26H30N6O3S. The van der Waals surface area contributed by atoms with Crippen LogP contribution in [0.25, 0.3) is 11.3 Å². The van der Waals surface area contributed by atoms with Crippen molar-refractivity contribution in [1.29, 1.82) is 0 Å². The first kappa shape index (κ1) is 24.4. The molecule has 1 saturated heterocycles. The van der Waals surface area contributed by atoms with Crippen molar-refractivity contribution in [3.05, 3.63) is 60.3 Å². The third-order valence-electron chi connectivity index (χ3n) is 6.69. The standard InChI is InChI=1S/C26H30N6O3S/c1-31-23-8-4-3-7-22(23)25-19(17-24(31)33)18-27-26(30-25)29-20-9-11-21(12-10-20)36(34,35)28-13-16-32-14-5-2-6-15-32/h3-4,7-12,18,28H,2,5-6,13-17H2,1H3,(H,27,29,30). The first-order chi connectivity index (χ1) is 17.4. The molecule has 3 aromatic rings. The van der Waals surface area contributed by atoms with Crippen LogP contribution in [0.3, 0.4) is 0 Å². The lowest BCUT2D eigenvalue weighted by Crippen LogP contribution is -2.37. The fourth-order valence-electron chi connectivity index (χ4n) is 4.66. The van der Waals surface area contributed by atoms with E-state index in [1.54, 1.807) is 42.4 Å². The zero-order chi connectivity index (χ0) is 25.1. The fraction of sp³-hybridized carbons (Fsp3) is 0.346. The number of hydrogen-bond donors (Lipinski definition) is 2. The lowest BCUT2D eigenvalue weighted by molar-refractivity contribution is -0.117. The van der Waals surface area contributed by atoms with Gasteiger partial charge in [0.1, 0.15) is 0 Å². The number of piperidine rings is 1. The largest absolute Gasteiger partial charge is 0.324 e. The van der Waals surface area contributed by atoms with Gasteiger partial charge in [-0.3, -0.25) is 4.79 Å². The Morgan fingerprint density at radius 2 is 1.75 bits per heavy atom. The van der Waals surface area contributed by atoms with Gasteiger partial charge in [0.05, 0.1) is 22.7 Å². The monoisotopic (exact) mass is 506 g/mol. The molecule has 36 heavy (non-hydrogen) atoms. The Balaban J connectivity index is 1.29. The Kier molecular flexibility index (Phi) is 6.99. The molecule has 188 valence electrons. The fourth-order valence-corrected chi connectivity index (χ4v) is 5.68. The Morgan fingerprint density at radius 1 is 1.00 bits per heavy atom. The highest BCUT2D eigenvalue weighted by Crippen LogP contribution is 2.35. The number of benzene rings is 2. The van der Waals surface area contributed by atoms with Crippen molar-refractivity contribution >= 4 is 33.3 Å². The number of nitrogens with one attached hydrogen (secondary N) is 2. The van der Waals surface area contributed by atoms with Gasteiger partial charge in [0.2, 0.25) is 21.9 Å². The SMILES string of the molecule is CN1C(=O)Cc2cnc(Nc3ccc(S(=O)(=O)NCCN4CCCCC4)cc3)nc2-c2ccccc21. The van der Waals surface area contributed by atoms with Crippen LogP contribution in [-0.2, 0) is 21.2 Å². The molecule has 9 nitrogen and oxygen atoms in total. The zero-order valence-corrected chi connectivity index (χ0v) is 21.1. The number of nitrogens with zero attached hydrogens (tertiary/aromatic N) is 4. The molecule has 2 aliphatic rings. The van der Waals surface area contributed by atoms with Crippen LogP contribution in [0, 0.1) is 0 Å². The van der Waals surface area contributed by atoms with Crippen LogP contribution in [0.2, 0.25) is 0 Å². The summed E-state index contributed by atoms with van der Waals surface area (Å²) in [4.78, 5) is 25.8. The minimum absolute atomic E-state index is 0.0214. The quantitative estimate of drug-likeness (QED) is 0.507. The van der Waals surface area contributed by atoms with E-state index in [2.05, 4.69) is 19.9 Å². The Labute approximate surface area is 211 Å². The van der Waals surface area contributed by atoms with E-state index >= 15 is 0 Å². The van der Waals surface area contributed by atoms with Gasteiger partial charge in [0.25, 0.3) is 0 Å². The second-order valence-corrected chi connectivity index (χ2v) is 10.9. The molecule has 5 rings (SSSR count). The lowest BCUT2D eigenvalue weighted by atomic mass is 10.1. The van der Waals surface area contributed by atoms with Gasteiger partial charge < -0.3 is 15.1 Å². The summed E-state index contributed by atoms with van der Waals surface area (Å²) in [5.41, 5.74) is 3.80. The van der Waals surface area contributed by atoms with Crippen molar-refractivity contribution in [3.8, 4) is 11.3 Å². The number of likely N-dealkylation sites (tertiary alicyclic amines) is 1. The number of aromatic nitrogens is 2. The number of fused-ring (bicyclic) bond motifs is 3. The molecular weight excluding hydrogens is 476 g/mol. The summed E-state index contributed by atoms with van der Waals surface area (Å²) in [7, 11) is -1.82. The molecule has 0 unspecified atom stereocenters. The third kappa shape index (κ3) is 5.25. The number of carbonyl (C=O) groups excluding carboxylic acids is 1. The molecule has 1 aromatic heterocycles. The molecule has 2 aromatic carbocycles. The number of rotatable bonds is 7. The normalized spacial score (nSPS) is 16.2. The van der Waals surface area contributed by atoms with Crippen LogP contribution in [-0.4, -0.2) is 62.4 Å². The average Bonchev–Trinajstić information content (AvgIpc) is 2.99. The van der Waals surface area contributed by atoms with E-state index in [4.69, 9.17) is 4.98 Å². The van der Waals surface area contributed by atoms with Crippen LogP contribution < -0.4 is 14.9 Å². The summed E-state index contributed by atoms with van der Waals surface area (Å²) in [5.74, 6) is 0.350. The predicted octanol–water partition coefficient (Wildman–Crippen LogP) is 3.17. The van der Waals surface area contributed by atoms with E-state index in [0.29, 0.717) is 23.9 Å². The lowest BCUT2D eigenvalue weighted by Gasteiger charge is -2.26. The highest BCUT2D eigenvalue weighted by atomic mass is 32.2. The van der Waals surface area contributed by atoms with Gasteiger partial charge in [-0.25, -0.2) is 23.1 Å². The van der Waals surface area contributed by atoms with E-state index in [9.17, 15) is 13.2 Å². The Bertz CT molecular complexity index is 1350. The Morgan fingerprint density at radius 3 is 2.53 bits per heavy atom. The van der Waals surface area contributed by atoms with E-state index in [1.165, 1.54) is 19.3 Å². The summed E-state index contributed by atoms with van der Waals surface area (Å²) < 4.78 is 28.1. The first-order valence-corrected chi connectivity index (χ1v) is 13.7. The van der Waals surface area contributed by atoms with E-state index in [-0.39, 0.29) is 17.2 Å². The topological polar surface area (TPSA) is 108 Å². The Hall–Kier alpha value is -3.34. The summed E-state index contributed by atoms with van der Waals surface area (Å²) in [6, 6.07) is 14.2. The first-order valence-electron chi connectivity index (χ1n) is 12.2. The molecule has 0 aliphatic carbocycles. The van der Waals surface area contributed by atoms with Crippen molar-refractivity contribution in [2.75, 3.05) is 43.4 Å². The number of carbonyl (C=O) groups is 1. The number of amides is 1. The van der Waals surface area contributed by atoms with Gasteiger partial charge in [-0.15, -0.1) is 0 Å². The van der Waals surface area contributed by atoms with Crippen LogP contribution in [0.5, 0.6) is 0 Å². The predicted molar refractivity (Wildman–Crippen MR) is 140 cm³/mol. The van der Waals surface area contributed by atoms with Gasteiger partial charge in [-0.05, 0) is 56.3 Å². The number of hydrogen-bond acceptors (Lipinski definition) is 7. The van der Waals surface area contributed by atoms with Crippen molar-refractivity contribution < 1.29 is 13.2 Å². The molecule has 0 spiro atoms. The molecule has 0 bridgehead atoms. The van der Waals surface area contributed by atoms with Gasteiger partial charge in [0.15, 0.2) is 0 Å². The molecule has 1 amide bonds.